The molecule has 3 nitrogen and oxygen atoms in total. The van der Waals surface area contributed by atoms with Crippen LogP contribution in [0.15, 0.2) is 212 Å². The van der Waals surface area contributed by atoms with Crippen LogP contribution in [0.5, 0.6) is 0 Å². The van der Waals surface area contributed by atoms with Crippen LogP contribution in [0.4, 0.5) is 34.1 Å². The zero-order valence-electron chi connectivity index (χ0n) is 34.0. The van der Waals surface area contributed by atoms with Gasteiger partial charge in [-0.3, -0.25) is 0 Å². The van der Waals surface area contributed by atoms with Crippen LogP contribution in [-0.4, -0.2) is 4.57 Å². The molecule has 12 rings (SSSR count). The minimum absolute atomic E-state index is 0.109. The van der Waals surface area contributed by atoms with Gasteiger partial charge in [0.2, 0.25) is 0 Å². The second-order valence-corrected chi connectivity index (χ2v) is 17.7. The fourth-order valence-corrected chi connectivity index (χ4v) is 11.0. The van der Waals surface area contributed by atoms with Crippen LogP contribution in [0.1, 0.15) is 25.0 Å². The molecule has 0 N–H and O–H groups in total. The summed E-state index contributed by atoms with van der Waals surface area (Å²) < 4.78 is 5.08. The third kappa shape index (κ3) is 5.63. The number of nitrogens with zero attached hydrogens (tertiary/aromatic N) is 3. The van der Waals surface area contributed by atoms with Gasteiger partial charge in [0.25, 0.3) is 0 Å². The Morgan fingerprint density at radius 1 is 0.361 bits per heavy atom. The van der Waals surface area contributed by atoms with Gasteiger partial charge >= 0.3 is 0 Å². The minimum atomic E-state index is -0.109. The van der Waals surface area contributed by atoms with Crippen molar-refractivity contribution in [1.82, 2.24) is 4.57 Å². The van der Waals surface area contributed by atoms with Crippen molar-refractivity contribution in [2.45, 2.75) is 19.3 Å². The topological polar surface area (TPSA) is 11.4 Å². The van der Waals surface area contributed by atoms with E-state index in [1.807, 2.05) is 11.3 Å². The van der Waals surface area contributed by atoms with Crippen molar-refractivity contribution in [2.75, 3.05) is 9.80 Å². The number of thiophene rings is 1. The molecule has 1 aliphatic carbocycles. The predicted octanol–water partition coefficient (Wildman–Crippen LogP) is 16.4. The van der Waals surface area contributed by atoms with E-state index in [1.165, 1.54) is 64.2 Å². The largest absolute Gasteiger partial charge is 0.310 e. The molecule has 11 aromatic rings. The van der Waals surface area contributed by atoms with E-state index in [9.17, 15) is 0 Å². The maximum atomic E-state index is 2.47. The fourth-order valence-electron chi connectivity index (χ4n) is 9.87. The first kappa shape index (κ1) is 35.5. The first-order valence-corrected chi connectivity index (χ1v) is 21.8. The third-order valence-corrected chi connectivity index (χ3v) is 13.9. The Morgan fingerprint density at radius 3 is 1.66 bits per heavy atom. The number of anilines is 6. The number of hydrogen-bond acceptors (Lipinski definition) is 3. The van der Waals surface area contributed by atoms with E-state index in [0.29, 0.717) is 0 Å². The van der Waals surface area contributed by atoms with Crippen molar-refractivity contribution < 1.29 is 0 Å². The van der Waals surface area contributed by atoms with Gasteiger partial charge in [0.05, 0.1) is 11.0 Å². The minimum Gasteiger partial charge on any atom is -0.310 e. The quantitative estimate of drug-likeness (QED) is 0.159. The van der Waals surface area contributed by atoms with E-state index >= 15 is 0 Å². The second-order valence-electron chi connectivity index (χ2n) is 16.6. The van der Waals surface area contributed by atoms with Crippen LogP contribution >= 0.6 is 11.3 Å². The van der Waals surface area contributed by atoms with Crippen LogP contribution in [0.25, 0.3) is 58.8 Å². The Labute approximate surface area is 359 Å². The summed E-state index contributed by atoms with van der Waals surface area (Å²) in [7, 11) is 0. The Balaban J connectivity index is 1.09. The van der Waals surface area contributed by atoms with Crippen molar-refractivity contribution in [3.8, 4) is 16.8 Å². The van der Waals surface area contributed by atoms with Gasteiger partial charge in [-0.1, -0.05) is 123 Å². The molecule has 1 aliphatic rings. The smallest absolute Gasteiger partial charge is 0.0548 e. The molecular formula is C57H41N3S. The van der Waals surface area contributed by atoms with Gasteiger partial charge in [0, 0.05) is 76.2 Å². The van der Waals surface area contributed by atoms with E-state index in [0.717, 1.165) is 39.8 Å². The molecule has 0 aliphatic heterocycles. The summed E-state index contributed by atoms with van der Waals surface area (Å²) in [6, 6.07) is 77.8. The molecule has 290 valence electrons. The highest BCUT2D eigenvalue weighted by Gasteiger charge is 2.35. The van der Waals surface area contributed by atoms with Crippen molar-refractivity contribution in [3.05, 3.63) is 223 Å². The predicted molar refractivity (Wildman–Crippen MR) is 261 cm³/mol. The van der Waals surface area contributed by atoms with Crippen molar-refractivity contribution >= 4 is 87.4 Å². The molecule has 0 spiro atoms. The lowest BCUT2D eigenvalue weighted by Gasteiger charge is -2.28. The number of fused-ring (bicyclic) bond motifs is 9. The first-order valence-electron chi connectivity index (χ1n) is 21.0. The third-order valence-electron chi connectivity index (χ3n) is 12.7. The van der Waals surface area contributed by atoms with E-state index < -0.39 is 0 Å². The summed E-state index contributed by atoms with van der Waals surface area (Å²) in [5, 5.41) is 5.04. The lowest BCUT2D eigenvalue weighted by Crippen LogP contribution is -2.16. The van der Waals surface area contributed by atoms with E-state index in [-0.39, 0.29) is 5.41 Å². The SMILES string of the molecule is CC1(C)c2ccccc2-c2ccc(N(c3ccccc3)c3ccc4c(c3)c3cc5sc6ccccc6c5cc3n4-c3cccc(N(c4ccccc4)c4ccccc4)c3)cc21. The van der Waals surface area contributed by atoms with Crippen LogP contribution in [0, 0.1) is 0 Å². The van der Waals surface area contributed by atoms with Crippen molar-refractivity contribution in [3.63, 3.8) is 0 Å². The van der Waals surface area contributed by atoms with Gasteiger partial charge in [-0.25, -0.2) is 0 Å². The fraction of sp³-hybridized carbons (Fsp3) is 0.0526. The molecule has 0 saturated carbocycles. The molecule has 0 unspecified atom stereocenters. The van der Waals surface area contributed by atoms with E-state index in [1.54, 1.807) is 0 Å². The number of rotatable bonds is 7. The molecule has 0 saturated heterocycles. The standard InChI is InChI=1S/C57H41N3S/c1-57(2)51-27-14-12-25-45(51)46-31-29-44(35-52(46)57)59(40-21-10-5-11-22-40)43-30-32-53-48(34-43)49-37-56-50(47-26-13-15-28-55(47)61-56)36-54(49)60(53)42-24-16-23-41(33-42)58(38-17-6-3-7-18-38)39-19-8-4-9-20-39/h3-37H,1-2H3. The summed E-state index contributed by atoms with van der Waals surface area (Å²) in [5.74, 6) is 0. The summed E-state index contributed by atoms with van der Waals surface area (Å²) >= 11 is 1.88. The summed E-state index contributed by atoms with van der Waals surface area (Å²) in [4.78, 5) is 4.77. The molecule has 4 heteroatoms. The average Bonchev–Trinajstić information content (AvgIpc) is 3.91. The zero-order chi connectivity index (χ0) is 40.7. The lowest BCUT2D eigenvalue weighted by atomic mass is 9.82. The molecule has 0 fully saturated rings. The average molecular weight is 800 g/mol. The number of para-hydroxylation sites is 3. The van der Waals surface area contributed by atoms with Gasteiger partial charge in [0.15, 0.2) is 0 Å². The van der Waals surface area contributed by atoms with E-state index in [4.69, 9.17) is 0 Å². The highest BCUT2D eigenvalue weighted by Crippen LogP contribution is 2.51. The first-order chi connectivity index (χ1) is 30.0. The van der Waals surface area contributed by atoms with Crippen molar-refractivity contribution in [2.24, 2.45) is 0 Å². The lowest BCUT2D eigenvalue weighted by molar-refractivity contribution is 0.660. The summed E-state index contributed by atoms with van der Waals surface area (Å²) in [6.45, 7) is 4.72. The Kier molecular flexibility index (Phi) is 8.06. The number of aromatic nitrogens is 1. The van der Waals surface area contributed by atoms with Crippen LogP contribution in [-0.2, 0) is 5.41 Å². The summed E-state index contributed by atoms with van der Waals surface area (Å²) in [5.41, 5.74) is 15.5. The maximum absolute atomic E-state index is 2.47. The molecular weight excluding hydrogens is 759 g/mol. The van der Waals surface area contributed by atoms with Crippen molar-refractivity contribution in [1.29, 1.82) is 0 Å². The van der Waals surface area contributed by atoms with Crippen LogP contribution in [0.2, 0.25) is 0 Å². The Bertz CT molecular complexity index is 3410. The van der Waals surface area contributed by atoms with Gasteiger partial charge < -0.3 is 14.4 Å². The molecule has 0 atom stereocenters. The van der Waals surface area contributed by atoms with Crippen LogP contribution < -0.4 is 9.80 Å². The van der Waals surface area contributed by atoms with Gasteiger partial charge in [-0.15, -0.1) is 11.3 Å². The van der Waals surface area contributed by atoms with Gasteiger partial charge in [-0.05, 0) is 125 Å². The second kappa shape index (κ2) is 13.8. The molecule has 9 aromatic carbocycles. The number of hydrogen-bond donors (Lipinski definition) is 0. The molecule has 0 radical (unpaired) electrons. The molecule has 2 heterocycles. The summed E-state index contributed by atoms with van der Waals surface area (Å²) in [6.07, 6.45) is 0. The molecule has 0 amide bonds. The monoisotopic (exact) mass is 799 g/mol. The molecule has 61 heavy (non-hydrogen) atoms. The maximum Gasteiger partial charge on any atom is 0.0548 e. The number of benzene rings is 9. The molecule has 2 aromatic heterocycles. The zero-order valence-corrected chi connectivity index (χ0v) is 34.8. The Hall–Kier alpha value is -7.40. The normalized spacial score (nSPS) is 12.9. The highest BCUT2D eigenvalue weighted by atomic mass is 32.1. The van der Waals surface area contributed by atoms with E-state index in [2.05, 4.69) is 241 Å². The highest BCUT2D eigenvalue weighted by molar-refractivity contribution is 7.25. The Morgan fingerprint density at radius 2 is 0.918 bits per heavy atom. The van der Waals surface area contributed by atoms with Gasteiger partial charge in [-0.2, -0.15) is 0 Å². The van der Waals surface area contributed by atoms with Gasteiger partial charge in [0.1, 0.15) is 0 Å². The van der Waals surface area contributed by atoms with Crippen LogP contribution in [0.3, 0.4) is 0 Å². The molecule has 0 bridgehead atoms.